The number of nitrogens with one attached hydrogen (secondary N) is 1. The minimum atomic E-state index is 0.268. The van der Waals surface area contributed by atoms with Crippen LogP contribution in [0.4, 0.5) is 5.82 Å². The molecule has 0 saturated heterocycles. The lowest BCUT2D eigenvalue weighted by atomic mass is 10.1. The molecule has 0 bridgehead atoms. The van der Waals surface area contributed by atoms with Gasteiger partial charge in [-0.25, -0.2) is 4.98 Å². The molecule has 2 aromatic rings. The molecule has 5 nitrogen and oxygen atoms in total. The van der Waals surface area contributed by atoms with Crippen LogP contribution in [-0.4, -0.2) is 32.5 Å². The predicted octanol–water partition coefficient (Wildman–Crippen LogP) is 3.02. The molecule has 19 heavy (non-hydrogen) atoms. The number of rotatable bonds is 5. The van der Waals surface area contributed by atoms with E-state index in [1.165, 1.54) is 12.8 Å². The summed E-state index contributed by atoms with van der Waals surface area (Å²) in [4.78, 5) is 18.2. The summed E-state index contributed by atoms with van der Waals surface area (Å²) in [6.45, 7) is 5.48. The Bertz CT molecular complexity index is 575. The molecule has 1 fully saturated rings. The third-order valence-electron chi connectivity index (χ3n) is 3.45. The number of hydrogen-bond donors (Lipinski definition) is 1. The highest BCUT2D eigenvalue weighted by Gasteiger charge is 2.31. The Morgan fingerprint density at radius 2 is 2.21 bits per heavy atom. The van der Waals surface area contributed by atoms with Crippen molar-refractivity contribution in [2.75, 3.05) is 11.4 Å². The van der Waals surface area contributed by atoms with E-state index in [4.69, 9.17) is 11.6 Å². The normalized spacial score (nSPS) is 15.4. The molecule has 2 aromatic heterocycles. The predicted molar refractivity (Wildman–Crippen MR) is 76.5 cm³/mol. The van der Waals surface area contributed by atoms with Gasteiger partial charge < -0.3 is 9.88 Å². The summed E-state index contributed by atoms with van der Waals surface area (Å²) in [7, 11) is 0. The fourth-order valence-corrected chi connectivity index (χ4v) is 2.40. The van der Waals surface area contributed by atoms with E-state index in [2.05, 4.69) is 38.7 Å². The maximum absolute atomic E-state index is 6.01. The van der Waals surface area contributed by atoms with E-state index in [1.807, 2.05) is 0 Å². The summed E-state index contributed by atoms with van der Waals surface area (Å²) in [5, 5.41) is 0.268. The quantitative estimate of drug-likeness (QED) is 0.855. The van der Waals surface area contributed by atoms with Gasteiger partial charge in [0.05, 0.1) is 6.33 Å². The first kappa shape index (κ1) is 12.7. The van der Waals surface area contributed by atoms with Gasteiger partial charge in [0.2, 0.25) is 5.28 Å². The Morgan fingerprint density at radius 1 is 1.42 bits per heavy atom. The molecule has 2 heterocycles. The number of halogens is 1. The van der Waals surface area contributed by atoms with E-state index in [-0.39, 0.29) is 5.28 Å². The van der Waals surface area contributed by atoms with Gasteiger partial charge in [-0.1, -0.05) is 13.8 Å². The zero-order chi connectivity index (χ0) is 13.4. The molecule has 0 radical (unpaired) electrons. The molecule has 0 unspecified atom stereocenters. The molecule has 102 valence electrons. The van der Waals surface area contributed by atoms with Crippen LogP contribution in [0.25, 0.3) is 11.2 Å². The summed E-state index contributed by atoms with van der Waals surface area (Å²) < 4.78 is 0. The van der Waals surface area contributed by atoms with Crippen LogP contribution in [0.2, 0.25) is 5.28 Å². The molecule has 6 heteroatoms. The number of hydrogen-bond acceptors (Lipinski definition) is 4. The van der Waals surface area contributed by atoms with Gasteiger partial charge in [-0.2, -0.15) is 9.97 Å². The van der Waals surface area contributed by atoms with Crippen molar-refractivity contribution in [1.29, 1.82) is 0 Å². The van der Waals surface area contributed by atoms with E-state index in [9.17, 15) is 0 Å². The average Bonchev–Trinajstić information content (AvgIpc) is 3.07. The summed E-state index contributed by atoms with van der Waals surface area (Å²) in [6, 6.07) is 0.594. The molecule has 0 amide bonds. The first-order valence-electron chi connectivity index (χ1n) is 6.78. The minimum absolute atomic E-state index is 0.268. The Hall–Kier alpha value is -1.36. The molecule has 0 aromatic carbocycles. The van der Waals surface area contributed by atoms with Gasteiger partial charge in [-0.05, 0) is 36.8 Å². The second kappa shape index (κ2) is 4.96. The molecule has 1 aliphatic carbocycles. The van der Waals surface area contributed by atoms with Gasteiger partial charge in [0.15, 0.2) is 11.5 Å². The van der Waals surface area contributed by atoms with Gasteiger partial charge >= 0.3 is 0 Å². The summed E-state index contributed by atoms with van der Waals surface area (Å²) in [5.41, 5.74) is 1.53. The fraction of sp³-hybridized carbons (Fsp3) is 0.615. The maximum atomic E-state index is 6.01. The van der Waals surface area contributed by atoms with Gasteiger partial charge in [-0.3, -0.25) is 0 Å². The molecular formula is C13H18ClN5. The molecule has 0 spiro atoms. The summed E-state index contributed by atoms with van der Waals surface area (Å²) in [6.07, 6.45) is 5.26. The monoisotopic (exact) mass is 279 g/mol. The second-order valence-electron chi connectivity index (χ2n) is 5.52. The van der Waals surface area contributed by atoms with Crippen LogP contribution in [0.15, 0.2) is 6.33 Å². The Labute approximate surface area is 117 Å². The van der Waals surface area contributed by atoms with Crippen LogP contribution < -0.4 is 4.90 Å². The van der Waals surface area contributed by atoms with E-state index in [1.54, 1.807) is 6.33 Å². The Balaban J connectivity index is 1.96. The highest BCUT2D eigenvalue weighted by atomic mass is 35.5. The van der Waals surface area contributed by atoms with E-state index in [0.29, 0.717) is 17.6 Å². The van der Waals surface area contributed by atoms with Crippen LogP contribution in [0, 0.1) is 5.92 Å². The topological polar surface area (TPSA) is 57.7 Å². The van der Waals surface area contributed by atoms with Crippen LogP contribution >= 0.6 is 11.6 Å². The number of H-pyrrole nitrogens is 1. The van der Waals surface area contributed by atoms with Crippen LogP contribution in [0.1, 0.15) is 33.1 Å². The number of aromatic nitrogens is 4. The maximum Gasteiger partial charge on any atom is 0.226 e. The number of imidazole rings is 1. The molecule has 0 aliphatic heterocycles. The highest BCUT2D eigenvalue weighted by Crippen LogP contribution is 2.34. The van der Waals surface area contributed by atoms with Crippen molar-refractivity contribution in [3.05, 3.63) is 11.6 Å². The highest BCUT2D eigenvalue weighted by molar-refractivity contribution is 6.28. The van der Waals surface area contributed by atoms with Crippen LogP contribution in [0.5, 0.6) is 0 Å². The largest absolute Gasteiger partial charge is 0.352 e. The van der Waals surface area contributed by atoms with Gasteiger partial charge in [-0.15, -0.1) is 0 Å². The number of nitrogens with zero attached hydrogens (tertiary/aromatic N) is 4. The van der Waals surface area contributed by atoms with Crippen molar-refractivity contribution in [1.82, 2.24) is 19.9 Å². The Kier molecular flexibility index (Phi) is 3.31. The summed E-state index contributed by atoms with van der Waals surface area (Å²) >= 11 is 6.01. The van der Waals surface area contributed by atoms with E-state index >= 15 is 0 Å². The third-order valence-corrected chi connectivity index (χ3v) is 3.62. The molecule has 0 atom stereocenters. The average molecular weight is 280 g/mol. The Morgan fingerprint density at radius 3 is 2.89 bits per heavy atom. The van der Waals surface area contributed by atoms with Gasteiger partial charge in [0.1, 0.15) is 5.52 Å². The fourth-order valence-electron chi connectivity index (χ4n) is 2.24. The molecule has 1 aliphatic rings. The van der Waals surface area contributed by atoms with E-state index in [0.717, 1.165) is 24.3 Å². The lowest BCUT2D eigenvalue weighted by molar-refractivity contribution is 0.569. The number of aromatic amines is 1. The zero-order valence-electron chi connectivity index (χ0n) is 11.2. The first-order valence-corrected chi connectivity index (χ1v) is 7.16. The minimum Gasteiger partial charge on any atom is -0.352 e. The van der Waals surface area contributed by atoms with Crippen molar-refractivity contribution in [3.8, 4) is 0 Å². The first-order chi connectivity index (χ1) is 9.15. The van der Waals surface area contributed by atoms with Crippen molar-refractivity contribution < 1.29 is 0 Å². The van der Waals surface area contributed by atoms with Crippen molar-refractivity contribution in [3.63, 3.8) is 0 Å². The molecule has 3 rings (SSSR count). The number of anilines is 1. The van der Waals surface area contributed by atoms with E-state index < -0.39 is 0 Å². The van der Waals surface area contributed by atoms with Crippen LogP contribution in [0.3, 0.4) is 0 Å². The van der Waals surface area contributed by atoms with Gasteiger partial charge in [0, 0.05) is 12.6 Å². The lowest BCUT2D eigenvalue weighted by Gasteiger charge is -2.24. The third kappa shape index (κ3) is 2.66. The molecule has 1 saturated carbocycles. The number of fused-ring (bicyclic) bond motifs is 1. The van der Waals surface area contributed by atoms with Crippen molar-refractivity contribution in [2.45, 2.75) is 39.2 Å². The van der Waals surface area contributed by atoms with Crippen LogP contribution in [-0.2, 0) is 0 Å². The zero-order valence-corrected chi connectivity index (χ0v) is 12.0. The second-order valence-corrected chi connectivity index (χ2v) is 5.86. The SMILES string of the molecule is CC(C)CCN(c1nc(Cl)nc2nc[nH]c12)C1CC1. The molecule has 1 N–H and O–H groups in total. The summed E-state index contributed by atoms with van der Waals surface area (Å²) in [5.74, 6) is 1.58. The van der Waals surface area contributed by atoms with Gasteiger partial charge in [0.25, 0.3) is 0 Å². The van der Waals surface area contributed by atoms with Crippen molar-refractivity contribution in [2.24, 2.45) is 5.92 Å². The van der Waals surface area contributed by atoms with Crippen molar-refractivity contribution >= 4 is 28.6 Å². The lowest BCUT2D eigenvalue weighted by Crippen LogP contribution is -2.29. The standard InChI is InChI=1S/C13H18ClN5/c1-8(2)5-6-19(9-3-4-9)12-10-11(16-7-15-10)17-13(14)18-12/h7-9H,3-6H2,1-2H3,(H,15,16,17,18). The smallest absolute Gasteiger partial charge is 0.226 e. The molecular weight excluding hydrogens is 262 g/mol.